The zero-order valence-electron chi connectivity index (χ0n) is 49.4. The van der Waals surface area contributed by atoms with Crippen LogP contribution in [0, 0.1) is 0 Å². The minimum absolute atomic E-state index is 0.272. The van der Waals surface area contributed by atoms with Crippen molar-refractivity contribution in [1.29, 1.82) is 0 Å². The smallest absolute Gasteiger partial charge is 0.0323 e. The van der Waals surface area contributed by atoms with Crippen LogP contribution in [0.15, 0.2) is 0 Å². The third kappa shape index (κ3) is 61.3. The zero-order valence-corrected chi connectivity index (χ0v) is 51.2. The molecule has 0 bridgehead atoms. The molecular formula is C67H138P2. The Labute approximate surface area is 444 Å². The maximum atomic E-state index is 2.33. The van der Waals surface area contributed by atoms with Crippen LogP contribution in [0.3, 0.4) is 0 Å². The third-order valence-corrected chi connectivity index (χ3v) is 22.0. The highest BCUT2D eigenvalue weighted by molar-refractivity contribution is 7.58. The fourth-order valence-corrected chi connectivity index (χ4v) is 16.8. The van der Waals surface area contributed by atoms with Crippen LogP contribution in [0.4, 0.5) is 0 Å². The normalized spacial score (nSPS) is 11.9. The van der Waals surface area contributed by atoms with Crippen LogP contribution in [0.2, 0.25) is 0 Å². The molecule has 0 heterocycles. The Kier molecular flexibility index (Phi) is 65.8. The minimum atomic E-state index is 0.272. The van der Waals surface area contributed by atoms with Crippen LogP contribution in [-0.2, 0) is 0 Å². The van der Waals surface area contributed by atoms with E-state index in [1.807, 2.05) is 0 Å². The van der Waals surface area contributed by atoms with Gasteiger partial charge in [-0.1, -0.05) is 362 Å². The van der Waals surface area contributed by atoms with Crippen molar-refractivity contribution >= 4 is 15.8 Å². The van der Waals surface area contributed by atoms with Gasteiger partial charge in [-0.25, -0.2) is 0 Å². The lowest BCUT2D eigenvalue weighted by Gasteiger charge is -2.22. The van der Waals surface area contributed by atoms with Crippen LogP contribution in [0.1, 0.15) is 394 Å². The van der Waals surface area contributed by atoms with Crippen LogP contribution in [0.25, 0.3) is 0 Å². The second-order valence-corrected chi connectivity index (χ2v) is 28.8. The maximum Gasteiger partial charge on any atom is -0.0323 e. The van der Waals surface area contributed by atoms with Gasteiger partial charge in [-0.15, -0.1) is 15.8 Å². The summed E-state index contributed by atoms with van der Waals surface area (Å²) in [6.45, 7) is 9.34. The summed E-state index contributed by atoms with van der Waals surface area (Å²) in [4.78, 5) is 0. The topological polar surface area (TPSA) is 0 Å². The predicted molar refractivity (Wildman–Crippen MR) is 329 cm³/mol. The van der Waals surface area contributed by atoms with Crippen molar-refractivity contribution in [1.82, 2.24) is 0 Å². The van der Waals surface area contributed by atoms with Gasteiger partial charge < -0.3 is 0 Å². The molecule has 0 aliphatic carbocycles. The van der Waals surface area contributed by atoms with E-state index in [0.717, 1.165) is 0 Å². The monoisotopic (exact) mass is 1010 g/mol. The Bertz CT molecular complexity index is 724. The summed E-state index contributed by atoms with van der Waals surface area (Å²) in [7, 11) is 0.545. The third-order valence-electron chi connectivity index (χ3n) is 16.3. The van der Waals surface area contributed by atoms with E-state index in [1.54, 1.807) is 69.1 Å². The first-order chi connectivity index (χ1) is 34.3. The van der Waals surface area contributed by atoms with Crippen LogP contribution in [-0.4, -0.2) is 37.0 Å². The van der Waals surface area contributed by atoms with E-state index < -0.39 is 0 Å². The first kappa shape index (κ1) is 69.9. The highest BCUT2D eigenvalue weighted by Crippen LogP contribution is 2.44. The molecule has 0 N–H and O–H groups in total. The lowest BCUT2D eigenvalue weighted by molar-refractivity contribution is 0.538. The summed E-state index contributed by atoms with van der Waals surface area (Å²) in [5.41, 5.74) is 0. The Balaban J connectivity index is 4.75. The Morgan fingerprint density at radius 1 is 0.116 bits per heavy atom. The van der Waals surface area contributed by atoms with Crippen LogP contribution < -0.4 is 0 Å². The molecule has 0 aliphatic rings. The average Bonchev–Trinajstić information content (AvgIpc) is 3.36. The molecule has 0 nitrogen and oxygen atoms in total. The van der Waals surface area contributed by atoms with Gasteiger partial charge in [0.05, 0.1) is 0 Å². The average molecular weight is 1010 g/mol. The van der Waals surface area contributed by atoms with Gasteiger partial charge in [-0.3, -0.25) is 0 Å². The molecule has 0 amide bonds. The Hall–Kier alpha value is 0.860. The van der Waals surface area contributed by atoms with Crippen molar-refractivity contribution < 1.29 is 0 Å². The molecule has 0 aromatic heterocycles. The van der Waals surface area contributed by atoms with Gasteiger partial charge in [0.2, 0.25) is 0 Å². The summed E-state index contributed by atoms with van der Waals surface area (Å²) in [6.07, 6.45) is 94.8. The molecule has 0 unspecified atom stereocenters. The first-order valence-corrected chi connectivity index (χ1v) is 37.5. The van der Waals surface area contributed by atoms with E-state index in [4.69, 9.17) is 0 Å². The van der Waals surface area contributed by atoms with Crippen molar-refractivity contribution in [3.05, 3.63) is 0 Å². The molecule has 0 aromatic carbocycles. The zero-order chi connectivity index (χ0) is 49.7. The fourth-order valence-electron chi connectivity index (χ4n) is 11.3. The molecule has 0 saturated carbocycles. The van der Waals surface area contributed by atoms with Gasteiger partial charge in [0, 0.05) is 0 Å². The van der Waals surface area contributed by atoms with Crippen molar-refractivity contribution in [2.24, 2.45) is 0 Å². The van der Waals surface area contributed by atoms with Crippen LogP contribution >= 0.6 is 15.8 Å². The van der Waals surface area contributed by atoms with Gasteiger partial charge in [0.1, 0.15) is 0 Å². The molecule has 0 spiro atoms. The van der Waals surface area contributed by atoms with Gasteiger partial charge in [-0.2, -0.15) is 0 Å². The largest absolute Gasteiger partial charge is 0.107 e. The fraction of sp³-hybridized carbons (Fsp3) is 1.00. The van der Waals surface area contributed by atoms with E-state index in [2.05, 4.69) is 27.7 Å². The number of unbranched alkanes of at least 4 members (excludes halogenated alkanes) is 52. The lowest BCUT2D eigenvalue weighted by Crippen LogP contribution is -2.02. The molecule has 69 heavy (non-hydrogen) atoms. The number of rotatable bonds is 64. The molecule has 0 saturated heterocycles. The molecular weight excluding hydrogens is 867 g/mol. The summed E-state index contributed by atoms with van der Waals surface area (Å²) >= 11 is 0. The van der Waals surface area contributed by atoms with Crippen molar-refractivity contribution in [2.45, 2.75) is 394 Å². The molecule has 0 radical (unpaired) electrons. The maximum absolute atomic E-state index is 2.33. The molecule has 0 fully saturated rings. The molecule has 0 atom stereocenters. The Morgan fingerprint density at radius 3 is 0.348 bits per heavy atom. The number of hydrogen-bond donors (Lipinski definition) is 0. The quantitative estimate of drug-likeness (QED) is 0.0421. The molecule has 416 valence electrons. The van der Waals surface area contributed by atoms with Gasteiger partial charge >= 0.3 is 0 Å². The second kappa shape index (κ2) is 65.0. The van der Waals surface area contributed by atoms with Crippen LogP contribution in [0.5, 0.6) is 0 Å². The molecule has 0 rings (SSSR count). The predicted octanol–water partition coefficient (Wildman–Crippen LogP) is 26.3. The van der Waals surface area contributed by atoms with Gasteiger partial charge in [0.15, 0.2) is 0 Å². The van der Waals surface area contributed by atoms with E-state index >= 15 is 0 Å². The Morgan fingerprint density at radius 2 is 0.217 bits per heavy atom. The number of hydrogen-bond acceptors (Lipinski definition) is 0. The first-order valence-electron chi connectivity index (χ1n) is 33.7. The SMILES string of the molecule is CCCCCCCCCCCCCCCCP(CCCCCCCCCCCCCCCC)CCCP(CCCCCCCCCCCCCCCC)CCCCCCCCCCCCCCCC. The van der Waals surface area contributed by atoms with E-state index in [0.29, 0.717) is 0 Å². The van der Waals surface area contributed by atoms with Crippen molar-refractivity contribution in [3.8, 4) is 0 Å². The summed E-state index contributed by atoms with van der Waals surface area (Å²) in [5, 5.41) is 0. The van der Waals surface area contributed by atoms with Crippen molar-refractivity contribution in [2.75, 3.05) is 37.0 Å². The summed E-state index contributed by atoms with van der Waals surface area (Å²) < 4.78 is 0. The van der Waals surface area contributed by atoms with Gasteiger partial charge in [-0.05, 0) is 69.1 Å². The van der Waals surface area contributed by atoms with Crippen molar-refractivity contribution in [3.63, 3.8) is 0 Å². The molecule has 0 aromatic rings. The standard InChI is InChI=1S/C67H138P2/c1-5-9-13-17-21-25-29-33-37-41-45-49-53-57-62-68(63-58-54-50-46-42-38-34-30-26-22-18-14-10-6-2)66-61-67-69(64-59-55-51-47-43-39-35-31-27-23-19-15-11-7-3)65-60-56-52-48-44-40-36-32-28-24-20-16-12-8-4/h5-67H2,1-4H3. The van der Waals surface area contributed by atoms with E-state index in [-0.39, 0.29) is 15.8 Å². The second-order valence-electron chi connectivity index (χ2n) is 23.4. The van der Waals surface area contributed by atoms with E-state index in [1.165, 1.54) is 334 Å². The highest BCUT2D eigenvalue weighted by Gasteiger charge is 2.13. The minimum Gasteiger partial charge on any atom is -0.107 e. The highest BCUT2D eigenvalue weighted by atomic mass is 31.1. The molecule has 2 heteroatoms. The van der Waals surface area contributed by atoms with E-state index in [9.17, 15) is 0 Å². The van der Waals surface area contributed by atoms with Gasteiger partial charge in [0.25, 0.3) is 0 Å². The molecule has 0 aliphatic heterocycles. The lowest BCUT2D eigenvalue weighted by atomic mass is 10.0. The summed E-state index contributed by atoms with van der Waals surface area (Å²) in [6, 6.07) is 0. The summed E-state index contributed by atoms with van der Waals surface area (Å²) in [5.74, 6) is 0.